The van der Waals surface area contributed by atoms with Gasteiger partial charge >= 0.3 is 0 Å². The molecule has 0 atom stereocenters. The van der Waals surface area contributed by atoms with E-state index < -0.39 is 0 Å². The molecule has 4 aromatic heterocycles. The van der Waals surface area contributed by atoms with Gasteiger partial charge < -0.3 is 20.1 Å². The highest BCUT2D eigenvalue weighted by Gasteiger charge is 2.13. The van der Waals surface area contributed by atoms with Crippen molar-refractivity contribution in [1.29, 1.82) is 0 Å². The van der Waals surface area contributed by atoms with Crippen LogP contribution in [0.4, 0.5) is 11.6 Å². The summed E-state index contributed by atoms with van der Waals surface area (Å²) in [5, 5.41) is 6.39. The number of nitrogens with one attached hydrogen (secondary N) is 2. The standard InChI is InChI=1S/C25H30N8O3/c1-3-12-36-13-11-33-20-14-19(18-5-6-22(35-2)29-15-18)16-30-23(20)32-24(25(33)34)28-9-4-8-27-21-7-10-26-17-31-21/h5-7,10,14-17H,3-4,8-9,11-13H2,1-2H3,(H,26,27,31)(H,28,30,32). The van der Waals surface area contributed by atoms with Crippen LogP contribution < -0.4 is 20.9 Å². The Morgan fingerprint density at radius 1 is 1.00 bits per heavy atom. The third-order valence-corrected chi connectivity index (χ3v) is 5.42. The third kappa shape index (κ3) is 6.30. The molecule has 0 saturated carbocycles. The van der Waals surface area contributed by atoms with Crippen molar-refractivity contribution in [3.63, 3.8) is 0 Å². The predicted molar refractivity (Wildman–Crippen MR) is 138 cm³/mol. The quantitative estimate of drug-likeness (QED) is 0.270. The summed E-state index contributed by atoms with van der Waals surface area (Å²) in [5.74, 6) is 1.56. The Bertz CT molecular complexity index is 1310. The smallest absolute Gasteiger partial charge is 0.293 e. The van der Waals surface area contributed by atoms with Gasteiger partial charge in [0.1, 0.15) is 12.1 Å². The average molecular weight is 491 g/mol. The first-order valence-corrected chi connectivity index (χ1v) is 11.9. The summed E-state index contributed by atoms with van der Waals surface area (Å²) >= 11 is 0. The Balaban J connectivity index is 1.54. The van der Waals surface area contributed by atoms with Gasteiger partial charge in [0.2, 0.25) is 5.88 Å². The van der Waals surface area contributed by atoms with Crippen LogP contribution in [0, 0.1) is 0 Å². The molecule has 0 amide bonds. The van der Waals surface area contributed by atoms with Gasteiger partial charge in [0.05, 0.1) is 19.2 Å². The SMILES string of the molecule is CCCOCCn1c(=O)c(NCCCNc2ccncn2)nc2ncc(-c3ccc(OC)nc3)cc21. The van der Waals surface area contributed by atoms with Crippen LogP contribution in [-0.4, -0.2) is 62.9 Å². The van der Waals surface area contributed by atoms with Crippen LogP contribution in [0.5, 0.6) is 5.88 Å². The summed E-state index contributed by atoms with van der Waals surface area (Å²) < 4.78 is 12.5. The maximum Gasteiger partial charge on any atom is 0.293 e. The first kappa shape index (κ1) is 25.0. The fourth-order valence-electron chi connectivity index (χ4n) is 3.60. The number of hydrogen-bond acceptors (Lipinski definition) is 10. The highest BCUT2D eigenvalue weighted by molar-refractivity contribution is 5.78. The molecule has 4 aromatic rings. The van der Waals surface area contributed by atoms with Gasteiger partial charge in [-0.2, -0.15) is 0 Å². The first-order valence-electron chi connectivity index (χ1n) is 11.9. The highest BCUT2D eigenvalue weighted by Crippen LogP contribution is 2.23. The summed E-state index contributed by atoms with van der Waals surface area (Å²) in [5.41, 5.74) is 2.61. The van der Waals surface area contributed by atoms with E-state index in [2.05, 4.69) is 42.5 Å². The number of methoxy groups -OCH3 is 1. The third-order valence-electron chi connectivity index (χ3n) is 5.42. The molecule has 0 radical (unpaired) electrons. The number of rotatable bonds is 13. The Kier molecular flexibility index (Phi) is 8.71. The molecular weight excluding hydrogens is 460 g/mol. The molecule has 0 bridgehead atoms. The molecule has 0 aliphatic heterocycles. The Morgan fingerprint density at radius 2 is 1.86 bits per heavy atom. The molecule has 0 unspecified atom stereocenters. The number of hydrogen-bond donors (Lipinski definition) is 2. The zero-order valence-electron chi connectivity index (χ0n) is 20.5. The normalized spacial score (nSPS) is 10.9. The van der Waals surface area contributed by atoms with E-state index in [1.54, 1.807) is 42.4 Å². The minimum Gasteiger partial charge on any atom is -0.481 e. The van der Waals surface area contributed by atoms with Crippen molar-refractivity contribution < 1.29 is 9.47 Å². The number of anilines is 2. The van der Waals surface area contributed by atoms with Crippen molar-refractivity contribution in [2.24, 2.45) is 0 Å². The molecule has 0 aliphatic carbocycles. The maximum absolute atomic E-state index is 13.4. The second-order valence-corrected chi connectivity index (χ2v) is 7.99. The summed E-state index contributed by atoms with van der Waals surface area (Å²) in [7, 11) is 1.57. The molecule has 4 rings (SSSR count). The Labute approximate surface area is 209 Å². The molecule has 0 saturated heterocycles. The van der Waals surface area contributed by atoms with Crippen LogP contribution >= 0.6 is 0 Å². The van der Waals surface area contributed by atoms with Crippen molar-refractivity contribution in [3.05, 3.63) is 59.5 Å². The summed E-state index contributed by atoms with van der Waals surface area (Å²) in [4.78, 5) is 34.7. The largest absolute Gasteiger partial charge is 0.481 e. The molecule has 0 spiro atoms. The Morgan fingerprint density at radius 3 is 2.61 bits per heavy atom. The van der Waals surface area contributed by atoms with Gasteiger partial charge in [0.25, 0.3) is 5.56 Å². The van der Waals surface area contributed by atoms with E-state index in [1.165, 1.54) is 6.33 Å². The van der Waals surface area contributed by atoms with Gasteiger partial charge in [-0.15, -0.1) is 0 Å². The molecule has 0 aromatic carbocycles. The number of nitrogens with zero attached hydrogens (tertiary/aromatic N) is 6. The van der Waals surface area contributed by atoms with Gasteiger partial charge in [-0.1, -0.05) is 6.92 Å². The lowest BCUT2D eigenvalue weighted by Gasteiger charge is -2.14. The van der Waals surface area contributed by atoms with Crippen LogP contribution in [0.1, 0.15) is 19.8 Å². The molecule has 0 fully saturated rings. The number of aromatic nitrogens is 6. The average Bonchev–Trinajstić information content (AvgIpc) is 2.92. The lowest BCUT2D eigenvalue weighted by atomic mass is 10.1. The first-order chi connectivity index (χ1) is 17.7. The summed E-state index contributed by atoms with van der Waals surface area (Å²) in [6.45, 7) is 4.76. The van der Waals surface area contributed by atoms with Crippen LogP contribution in [0.25, 0.3) is 22.3 Å². The summed E-state index contributed by atoms with van der Waals surface area (Å²) in [6.07, 6.45) is 8.31. The predicted octanol–water partition coefficient (Wildman–Crippen LogP) is 2.99. The van der Waals surface area contributed by atoms with Crippen molar-refractivity contribution in [1.82, 2.24) is 29.5 Å². The molecule has 2 N–H and O–H groups in total. The second-order valence-electron chi connectivity index (χ2n) is 7.99. The molecule has 11 heteroatoms. The fourth-order valence-corrected chi connectivity index (χ4v) is 3.60. The minimum absolute atomic E-state index is 0.210. The topological polar surface area (TPSA) is 129 Å². The second kappa shape index (κ2) is 12.5. The van der Waals surface area contributed by atoms with E-state index in [-0.39, 0.29) is 11.4 Å². The molecule has 188 valence electrons. The van der Waals surface area contributed by atoms with E-state index in [9.17, 15) is 4.79 Å². The monoisotopic (exact) mass is 490 g/mol. The minimum atomic E-state index is -0.210. The van der Waals surface area contributed by atoms with Crippen LogP contribution in [0.2, 0.25) is 0 Å². The lowest BCUT2D eigenvalue weighted by molar-refractivity contribution is 0.127. The van der Waals surface area contributed by atoms with Gasteiger partial charge in [-0.25, -0.2) is 24.9 Å². The number of fused-ring (bicyclic) bond motifs is 1. The van der Waals surface area contributed by atoms with E-state index in [0.29, 0.717) is 49.9 Å². The van der Waals surface area contributed by atoms with Crippen LogP contribution in [-0.2, 0) is 11.3 Å². The molecule has 4 heterocycles. The lowest BCUT2D eigenvalue weighted by Crippen LogP contribution is -2.28. The van der Waals surface area contributed by atoms with E-state index in [0.717, 1.165) is 29.8 Å². The van der Waals surface area contributed by atoms with Gasteiger partial charge in [0, 0.05) is 62.0 Å². The van der Waals surface area contributed by atoms with Gasteiger partial charge in [0.15, 0.2) is 11.5 Å². The summed E-state index contributed by atoms with van der Waals surface area (Å²) in [6, 6.07) is 7.41. The van der Waals surface area contributed by atoms with E-state index in [4.69, 9.17) is 9.47 Å². The molecule has 36 heavy (non-hydrogen) atoms. The zero-order valence-corrected chi connectivity index (χ0v) is 20.5. The van der Waals surface area contributed by atoms with Gasteiger partial charge in [-0.05, 0) is 31.0 Å². The van der Waals surface area contributed by atoms with Gasteiger partial charge in [-0.3, -0.25) is 9.36 Å². The van der Waals surface area contributed by atoms with Crippen LogP contribution in [0.3, 0.4) is 0 Å². The maximum atomic E-state index is 13.4. The molecule has 11 nitrogen and oxygen atoms in total. The van der Waals surface area contributed by atoms with E-state index >= 15 is 0 Å². The van der Waals surface area contributed by atoms with Crippen molar-refractivity contribution in [3.8, 4) is 17.0 Å². The van der Waals surface area contributed by atoms with Crippen molar-refractivity contribution >= 4 is 22.8 Å². The number of ether oxygens (including phenoxy) is 2. The van der Waals surface area contributed by atoms with Crippen LogP contribution in [0.15, 0.2) is 54.0 Å². The van der Waals surface area contributed by atoms with Crippen molar-refractivity contribution in [2.75, 3.05) is 44.0 Å². The zero-order chi connectivity index (χ0) is 25.2. The number of pyridine rings is 2. The molecule has 0 aliphatic rings. The Hall–Kier alpha value is -4.12. The van der Waals surface area contributed by atoms with Crippen molar-refractivity contribution in [2.45, 2.75) is 26.3 Å². The molecular formula is C25H30N8O3. The highest BCUT2D eigenvalue weighted by atomic mass is 16.5. The van der Waals surface area contributed by atoms with E-state index in [1.807, 2.05) is 12.1 Å². The fraction of sp³-hybridized carbons (Fsp3) is 0.360.